The topological polar surface area (TPSA) is 37.4 Å². The quantitative estimate of drug-likeness (QED) is 0.570. The predicted molar refractivity (Wildman–Crippen MR) is 118 cm³/mol. The van der Waals surface area contributed by atoms with Gasteiger partial charge in [0.25, 0.3) is 0 Å². The van der Waals surface area contributed by atoms with E-state index in [4.69, 9.17) is 0 Å². The van der Waals surface area contributed by atoms with Crippen LogP contribution in [0, 0.1) is 18.3 Å². The molecule has 0 bridgehead atoms. The average molecular weight is 422 g/mol. The minimum absolute atomic E-state index is 0.218. The minimum atomic E-state index is -3.51. The molecular formula is C24H23NO2S2. The summed E-state index contributed by atoms with van der Waals surface area (Å²) in [5.41, 5.74) is 3.19. The smallest absolute Gasteiger partial charge is 0.207 e. The molecule has 3 nitrogen and oxygen atoms in total. The van der Waals surface area contributed by atoms with Gasteiger partial charge in [-0.25, -0.2) is 8.42 Å². The third-order valence-corrected chi connectivity index (χ3v) is 9.30. The summed E-state index contributed by atoms with van der Waals surface area (Å²) >= 11 is 1.68. The standard InChI is InChI=1S/C24H23NO2S2/c1-17-10-12-20(13-11-17)29(26,27)25-15-21-23(19-7-4-3-5-8-19)24(21,16-25)18(2)22-9-6-14-28-22/h3-14,21,23H,2,15-16H2,1H3/t21-,23+,24+/m1/s1. The Bertz CT molecular complexity index is 1150. The number of hydrogen-bond donors (Lipinski definition) is 0. The fourth-order valence-corrected chi connectivity index (χ4v) is 7.31. The molecule has 1 aromatic heterocycles. The molecule has 0 amide bonds. The highest BCUT2D eigenvalue weighted by atomic mass is 32.2. The van der Waals surface area contributed by atoms with E-state index in [2.05, 4.69) is 42.3 Å². The van der Waals surface area contributed by atoms with Crippen LogP contribution in [0.25, 0.3) is 5.57 Å². The number of benzene rings is 2. The number of rotatable bonds is 5. The van der Waals surface area contributed by atoms with Gasteiger partial charge >= 0.3 is 0 Å². The predicted octanol–water partition coefficient (Wildman–Crippen LogP) is 5.17. The Morgan fingerprint density at radius 1 is 1.07 bits per heavy atom. The van der Waals surface area contributed by atoms with E-state index in [1.165, 1.54) is 5.56 Å². The second-order valence-electron chi connectivity index (χ2n) is 8.10. The van der Waals surface area contributed by atoms with Gasteiger partial charge in [-0.1, -0.05) is 60.7 Å². The van der Waals surface area contributed by atoms with Crippen LogP contribution >= 0.6 is 11.3 Å². The number of piperidine rings is 1. The van der Waals surface area contributed by atoms with E-state index in [1.807, 2.05) is 31.2 Å². The maximum absolute atomic E-state index is 13.3. The van der Waals surface area contributed by atoms with Crippen LogP contribution in [0.5, 0.6) is 0 Å². The van der Waals surface area contributed by atoms with Crippen molar-refractivity contribution in [1.82, 2.24) is 4.31 Å². The molecular weight excluding hydrogens is 398 g/mol. The van der Waals surface area contributed by atoms with Gasteiger partial charge in [0.15, 0.2) is 0 Å². The van der Waals surface area contributed by atoms with Crippen LogP contribution in [0.2, 0.25) is 0 Å². The number of sulfonamides is 1. The molecule has 3 atom stereocenters. The summed E-state index contributed by atoms with van der Waals surface area (Å²) in [5.74, 6) is 0.586. The maximum Gasteiger partial charge on any atom is 0.243 e. The van der Waals surface area contributed by atoms with Crippen molar-refractivity contribution >= 4 is 26.9 Å². The van der Waals surface area contributed by atoms with Crippen molar-refractivity contribution in [3.63, 3.8) is 0 Å². The van der Waals surface area contributed by atoms with E-state index in [0.29, 0.717) is 23.9 Å². The van der Waals surface area contributed by atoms with Crippen molar-refractivity contribution in [2.24, 2.45) is 11.3 Å². The van der Waals surface area contributed by atoms with Crippen LogP contribution in [-0.2, 0) is 10.0 Å². The highest BCUT2D eigenvalue weighted by Crippen LogP contribution is 2.74. The van der Waals surface area contributed by atoms with Gasteiger partial charge in [-0.05, 0) is 47.6 Å². The molecule has 2 aromatic carbocycles. The monoisotopic (exact) mass is 421 g/mol. The Balaban J connectivity index is 1.51. The van der Waals surface area contributed by atoms with E-state index in [1.54, 1.807) is 27.8 Å². The molecule has 1 aliphatic heterocycles. The van der Waals surface area contributed by atoms with E-state index in [0.717, 1.165) is 16.0 Å². The lowest BCUT2D eigenvalue weighted by atomic mass is 9.90. The Labute approximate surface area is 176 Å². The summed E-state index contributed by atoms with van der Waals surface area (Å²) in [7, 11) is -3.51. The van der Waals surface area contributed by atoms with Crippen molar-refractivity contribution in [3.05, 3.63) is 94.7 Å². The zero-order valence-corrected chi connectivity index (χ0v) is 17.9. The van der Waals surface area contributed by atoms with Gasteiger partial charge in [-0.2, -0.15) is 4.31 Å². The minimum Gasteiger partial charge on any atom is -0.207 e. The molecule has 3 aromatic rings. The first-order chi connectivity index (χ1) is 13.9. The molecule has 148 valence electrons. The van der Waals surface area contributed by atoms with Crippen LogP contribution in [-0.4, -0.2) is 25.8 Å². The lowest BCUT2D eigenvalue weighted by molar-refractivity contribution is 0.418. The zero-order chi connectivity index (χ0) is 20.2. The second kappa shape index (κ2) is 6.66. The van der Waals surface area contributed by atoms with Gasteiger partial charge in [0, 0.05) is 29.3 Å². The maximum atomic E-state index is 13.3. The van der Waals surface area contributed by atoms with Gasteiger partial charge < -0.3 is 0 Å². The SMILES string of the molecule is C=C(c1cccs1)[C@@]12CN(S(=O)(=O)c3ccc(C)cc3)C[C@@H]1[C@@H]2c1ccccc1. The first kappa shape index (κ1) is 18.8. The molecule has 2 heterocycles. The molecule has 5 rings (SSSR count). The van der Waals surface area contributed by atoms with Gasteiger partial charge in [-0.3, -0.25) is 0 Å². The highest BCUT2D eigenvalue weighted by molar-refractivity contribution is 7.89. The Kier molecular flexibility index (Phi) is 4.32. The van der Waals surface area contributed by atoms with E-state index < -0.39 is 10.0 Å². The van der Waals surface area contributed by atoms with Crippen molar-refractivity contribution in [1.29, 1.82) is 0 Å². The second-order valence-corrected chi connectivity index (χ2v) is 11.0. The molecule has 5 heteroatoms. The highest BCUT2D eigenvalue weighted by Gasteiger charge is 2.71. The van der Waals surface area contributed by atoms with Crippen molar-refractivity contribution in [2.75, 3.05) is 13.1 Å². The molecule has 2 aliphatic rings. The van der Waals surface area contributed by atoms with Crippen molar-refractivity contribution in [3.8, 4) is 0 Å². The van der Waals surface area contributed by atoms with Gasteiger partial charge in [0.05, 0.1) is 4.90 Å². The van der Waals surface area contributed by atoms with E-state index >= 15 is 0 Å². The van der Waals surface area contributed by atoms with Gasteiger partial charge in [0.2, 0.25) is 10.0 Å². The summed E-state index contributed by atoms with van der Waals surface area (Å²) < 4.78 is 28.3. The number of fused-ring (bicyclic) bond motifs is 1. The fraction of sp³-hybridized carbons (Fsp3) is 0.250. The van der Waals surface area contributed by atoms with Crippen molar-refractivity contribution < 1.29 is 8.42 Å². The van der Waals surface area contributed by atoms with Crippen LogP contribution < -0.4 is 0 Å². The molecule has 0 radical (unpaired) electrons. The molecule has 29 heavy (non-hydrogen) atoms. The normalized spacial score (nSPS) is 26.2. The lowest BCUT2D eigenvalue weighted by Gasteiger charge is -2.25. The molecule has 0 unspecified atom stereocenters. The average Bonchev–Trinajstić information content (AvgIpc) is 3.12. The molecule has 2 fully saturated rings. The summed E-state index contributed by atoms with van der Waals surface area (Å²) in [6.07, 6.45) is 0. The third-order valence-electron chi connectivity index (χ3n) is 6.55. The summed E-state index contributed by atoms with van der Waals surface area (Å²) in [6.45, 7) is 7.45. The van der Waals surface area contributed by atoms with Crippen LogP contribution in [0.3, 0.4) is 0 Å². The van der Waals surface area contributed by atoms with Crippen molar-refractivity contribution in [2.45, 2.75) is 17.7 Å². The summed E-state index contributed by atoms with van der Waals surface area (Å²) in [6, 6.07) is 21.7. The summed E-state index contributed by atoms with van der Waals surface area (Å²) in [5, 5.41) is 2.06. The summed E-state index contributed by atoms with van der Waals surface area (Å²) in [4.78, 5) is 1.53. The molecule has 1 saturated heterocycles. The van der Waals surface area contributed by atoms with Gasteiger partial charge in [-0.15, -0.1) is 11.3 Å². The number of hydrogen-bond acceptors (Lipinski definition) is 3. The molecule has 0 N–H and O–H groups in total. The van der Waals surface area contributed by atoms with Crippen LogP contribution in [0.4, 0.5) is 0 Å². The molecule has 1 aliphatic carbocycles. The van der Waals surface area contributed by atoms with Crippen LogP contribution in [0.1, 0.15) is 21.9 Å². The van der Waals surface area contributed by atoms with Gasteiger partial charge in [0.1, 0.15) is 0 Å². The number of aryl methyl sites for hydroxylation is 1. The largest absolute Gasteiger partial charge is 0.243 e. The molecule has 1 saturated carbocycles. The van der Waals surface area contributed by atoms with Crippen LogP contribution in [0.15, 0.2) is 83.6 Å². The number of thiophene rings is 1. The fourth-order valence-electron chi connectivity index (χ4n) is 5.00. The Morgan fingerprint density at radius 2 is 1.79 bits per heavy atom. The number of nitrogens with zero attached hydrogens (tertiary/aromatic N) is 1. The Hall–Kier alpha value is -2.21. The lowest BCUT2D eigenvalue weighted by Crippen LogP contribution is -2.33. The zero-order valence-electron chi connectivity index (χ0n) is 16.3. The van der Waals surface area contributed by atoms with E-state index in [-0.39, 0.29) is 11.3 Å². The Morgan fingerprint density at radius 3 is 2.45 bits per heavy atom. The first-order valence-corrected chi connectivity index (χ1v) is 12.1. The first-order valence-electron chi connectivity index (χ1n) is 9.79. The van der Waals surface area contributed by atoms with E-state index in [9.17, 15) is 8.42 Å². The third kappa shape index (κ3) is 2.83. The molecule has 0 spiro atoms.